The summed E-state index contributed by atoms with van der Waals surface area (Å²) >= 11 is 8.27. The third kappa shape index (κ3) is 8.14. The lowest BCUT2D eigenvalue weighted by atomic mass is 10.2. The van der Waals surface area contributed by atoms with Crippen LogP contribution in [0.1, 0.15) is 20.3 Å². The number of benzene rings is 1. The van der Waals surface area contributed by atoms with Crippen molar-refractivity contribution < 1.29 is 4.79 Å². The van der Waals surface area contributed by atoms with E-state index in [0.717, 1.165) is 16.7 Å². The first-order chi connectivity index (χ1) is 9.86. The molecule has 4 nitrogen and oxygen atoms in total. The molecule has 21 heavy (non-hydrogen) atoms. The predicted octanol–water partition coefficient (Wildman–Crippen LogP) is 3.02. The summed E-state index contributed by atoms with van der Waals surface area (Å²) in [5.41, 5.74) is 6.33. The number of thiocarbonyl (C=S) groups is 1. The lowest BCUT2D eigenvalue weighted by Gasteiger charge is -2.23. The van der Waals surface area contributed by atoms with Crippen LogP contribution in [0, 0.1) is 5.92 Å². The van der Waals surface area contributed by atoms with Crippen LogP contribution in [0.4, 0.5) is 5.69 Å². The summed E-state index contributed by atoms with van der Waals surface area (Å²) in [6, 6.07) is 7.52. The Hall–Kier alpha value is -0.980. The second kappa shape index (κ2) is 9.12. The van der Waals surface area contributed by atoms with E-state index in [0.29, 0.717) is 30.4 Å². The Morgan fingerprint density at radius 1 is 1.38 bits per heavy atom. The molecule has 0 aliphatic rings. The highest BCUT2D eigenvalue weighted by Gasteiger charge is 2.12. The van der Waals surface area contributed by atoms with Gasteiger partial charge in [-0.25, -0.2) is 0 Å². The Balaban J connectivity index is 2.53. The number of nitrogens with one attached hydrogen (secondary N) is 1. The van der Waals surface area contributed by atoms with E-state index < -0.39 is 0 Å². The molecule has 0 saturated carbocycles. The van der Waals surface area contributed by atoms with Crippen LogP contribution in [0.2, 0.25) is 0 Å². The first kappa shape index (κ1) is 18.1. The zero-order chi connectivity index (χ0) is 15.8. The molecule has 3 N–H and O–H groups in total. The number of carbonyl (C=O) groups excluding carboxylic acids is 1. The maximum atomic E-state index is 12.1. The smallest absolute Gasteiger partial charge is 0.238 e. The van der Waals surface area contributed by atoms with Gasteiger partial charge in [0.25, 0.3) is 0 Å². The maximum absolute atomic E-state index is 12.1. The molecule has 0 atom stereocenters. The van der Waals surface area contributed by atoms with Crippen LogP contribution in [0.15, 0.2) is 28.7 Å². The Morgan fingerprint density at radius 3 is 2.52 bits per heavy atom. The van der Waals surface area contributed by atoms with Gasteiger partial charge in [-0.15, -0.1) is 0 Å². The second-order valence-electron chi connectivity index (χ2n) is 5.40. The molecule has 0 aliphatic heterocycles. The van der Waals surface area contributed by atoms with Gasteiger partial charge in [0.05, 0.1) is 11.5 Å². The number of hydrogen-bond acceptors (Lipinski definition) is 3. The molecule has 0 unspecified atom stereocenters. The molecule has 0 heterocycles. The highest BCUT2D eigenvalue weighted by atomic mass is 79.9. The van der Waals surface area contributed by atoms with Gasteiger partial charge >= 0.3 is 0 Å². The topological polar surface area (TPSA) is 58.4 Å². The van der Waals surface area contributed by atoms with E-state index in [1.54, 1.807) is 0 Å². The highest BCUT2D eigenvalue weighted by molar-refractivity contribution is 9.10. The lowest BCUT2D eigenvalue weighted by Crippen LogP contribution is -2.37. The van der Waals surface area contributed by atoms with Crippen LogP contribution >= 0.6 is 28.1 Å². The molecule has 0 radical (unpaired) electrons. The molecule has 1 aromatic carbocycles. The number of amides is 1. The lowest BCUT2D eigenvalue weighted by molar-refractivity contribution is -0.117. The van der Waals surface area contributed by atoms with Gasteiger partial charge in [0.1, 0.15) is 0 Å². The molecule has 6 heteroatoms. The van der Waals surface area contributed by atoms with Gasteiger partial charge in [-0.2, -0.15) is 0 Å². The number of nitrogens with zero attached hydrogens (tertiary/aromatic N) is 1. The Morgan fingerprint density at radius 2 is 2.00 bits per heavy atom. The molecule has 1 rings (SSSR count). The summed E-state index contributed by atoms with van der Waals surface area (Å²) in [5.74, 6) is 0.456. The molecule has 1 amide bonds. The maximum Gasteiger partial charge on any atom is 0.238 e. The van der Waals surface area contributed by atoms with Crippen molar-refractivity contribution in [2.24, 2.45) is 11.7 Å². The van der Waals surface area contributed by atoms with Crippen molar-refractivity contribution in [2.75, 3.05) is 25.0 Å². The SMILES string of the molecule is CC(C)CN(CCC(N)=S)CC(=O)Nc1ccc(Br)cc1. The summed E-state index contributed by atoms with van der Waals surface area (Å²) in [6.07, 6.45) is 0.633. The molecule has 116 valence electrons. The molecule has 0 saturated heterocycles. The largest absolute Gasteiger partial charge is 0.393 e. The van der Waals surface area contributed by atoms with E-state index in [1.807, 2.05) is 24.3 Å². The molecular formula is C15H22BrN3OS. The van der Waals surface area contributed by atoms with Gasteiger partial charge < -0.3 is 11.1 Å². The summed E-state index contributed by atoms with van der Waals surface area (Å²) in [4.78, 5) is 14.7. The van der Waals surface area contributed by atoms with Gasteiger partial charge in [0.2, 0.25) is 5.91 Å². The molecule has 0 aliphatic carbocycles. The van der Waals surface area contributed by atoms with Crippen molar-refractivity contribution in [3.63, 3.8) is 0 Å². The summed E-state index contributed by atoms with van der Waals surface area (Å²) in [6.45, 7) is 6.15. The van der Waals surface area contributed by atoms with Crippen molar-refractivity contribution in [3.8, 4) is 0 Å². The monoisotopic (exact) mass is 371 g/mol. The molecule has 0 aromatic heterocycles. The third-order valence-corrected chi connectivity index (χ3v) is 3.53. The average Bonchev–Trinajstić information content (AvgIpc) is 2.38. The minimum Gasteiger partial charge on any atom is -0.393 e. The Labute approximate surface area is 140 Å². The van der Waals surface area contributed by atoms with Crippen LogP contribution in [0.3, 0.4) is 0 Å². The van der Waals surface area contributed by atoms with Crippen LogP contribution < -0.4 is 11.1 Å². The van der Waals surface area contributed by atoms with Crippen LogP contribution in [0.5, 0.6) is 0 Å². The Kier molecular flexibility index (Phi) is 7.85. The van der Waals surface area contributed by atoms with Crippen molar-refractivity contribution in [2.45, 2.75) is 20.3 Å². The Bertz CT molecular complexity index is 476. The van der Waals surface area contributed by atoms with Gasteiger partial charge in [0.15, 0.2) is 0 Å². The van der Waals surface area contributed by atoms with Crippen molar-refractivity contribution in [1.29, 1.82) is 0 Å². The van der Waals surface area contributed by atoms with Crippen LogP contribution in [-0.4, -0.2) is 35.4 Å². The number of carbonyl (C=O) groups is 1. The fourth-order valence-electron chi connectivity index (χ4n) is 1.96. The van der Waals surface area contributed by atoms with Crippen molar-refractivity contribution >= 4 is 44.7 Å². The number of rotatable bonds is 8. The van der Waals surface area contributed by atoms with Crippen LogP contribution in [0.25, 0.3) is 0 Å². The number of anilines is 1. The van der Waals surface area contributed by atoms with Gasteiger partial charge in [-0.1, -0.05) is 42.0 Å². The minimum atomic E-state index is -0.0269. The number of halogens is 1. The standard InChI is InChI=1S/C15H22BrN3OS/c1-11(2)9-19(8-7-14(17)21)10-15(20)18-13-5-3-12(16)4-6-13/h3-6,11H,7-10H2,1-2H3,(H2,17,21)(H,18,20). The van der Waals surface area contributed by atoms with E-state index in [2.05, 4.69) is 40.0 Å². The second-order valence-corrected chi connectivity index (χ2v) is 6.84. The summed E-state index contributed by atoms with van der Waals surface area (Å²) in [5, 5.41) is 2.89. The quantitative estimate of drug-likeness (QED) is 0.689. The van der Waals surface area contributed by atoms with E-state index in [4.69, 9.17) is 18.0 Å². The number of hydrogen-bond donors (Lipinski definition) is 2. The zero-order valence-electron chi connectivity index (χ0n) is 12.4. The predicted molar refractivity (Wildman–Crippen MR) is 95.5 cm³/mol. The normalized spacial score (nSPS) is 10.9. The van der Waals surface area contributed by atoms with Gasteiger partial charge in [-0.3, -0.25) is 9.69 Å². The van der Waals surface area contributed by atoms with E-state index >= 15 is 0 Å². The zero-order valence-corrected chi connectivity index (χ0v) is 14.8. The third-order valence-electron chi connectivity index (χ3n) is 2.79. The molecule has 0 bridgehead atoms. The average molecular weight is 372 g/mol. The fourth-order valence-corrected chi connectivity index (χ4v) is 2.31. The fraction of sp³-hybridized carbons (Fsp3) is 0.467. The summed E-state index contributed by atoms with van der Waals surface area (Å²) in [7, 11) is 0. The molecule has 1 aromatic rings. The van der Waals surface area contributed by atoms with Gasteiger partial charge in [-0.05, 0) is 30.2 Å². The van der Waals surface area contributed by atoms with Crippen molar-refractivity contribution in [3.05, 3.63) is 28.7 Å². The van der Waals surface area contributed by atoms with E-state index in [9.17, 15) is 4.79 Å². The summed E-state index contributed by atoms with van der Waals surface area (Å²) < 4.78 is 0.985. The first-order valence-electron chi connectivity index (χ1n) is 6.93. The number of nitrogens with two attached hydrogens (primary N) is 1. The van der Waals surface area contributed by atoms with Crippen LogP contribution in [-0.2, 0) is 4.79 Å². The minimum absolute atomic E-state index is 0.0269. The van der Waals surface area contributed by atoms with E-state index in [1.165, 1.54) is 0 Å². The van der Waals surface area contributed by atoms with Gasteiger partial charge in [0, 0.05) is 29.7 Å². The molecular weight excluding hydrogens is 350 g/mol. The van der Waals surface area contributed by atoms with E-state index in [-0.39, 0.29) is 5.91 Å². The molecule has 0 spiro atoms. The molecule has 0 fully saturated rings. The van der Waals surface area contributed by atoms with Crippen molar-refractivity contribution in [1.82, 2.24) is 4.90 Å². The highest BCUT2D eigenvalue weighted by Crippen LogP contribution is 2.14. The first-order valence-corrected chi connectivity index (χ1v) is 8.13.